The lowest BCUT2D eigenvalue weighted by molar-refractivity contribution is 0.0999. The van der Waals surface area contributed by atoms with Gasteiger partial charge in [-0.15, -0.1) is 0 Å². The fraction of sp³-hybridized carbons (Fsp3) is 0.0714. The second-order valence-corrected chi connectivity index (χ2v) is 3.94. The summed E-state index contributed by atoms with van der Waals surface area (Å²) in [4.78, 5) is 11.3. The summed E-state index contributed by atoms with van der Waals surface area (Å²) >= 11 is 0. The lowest BCUT2D eigenvalue weighted by atomic mass is 9.99. The van der Waals surface area contributed by atoms with Gasteiger partial charge in [0.2, 0.25) is 5.91 Å². The summed E-state index contributed by atoms with van der Waals surface area (Å²) in [6, 6.07) is 15.0. The van der Waals surface area contributed by atoms with Crippen molar-refractivity contribution in [2.75, 3.05) is 5.73 Å². The SMILES string of the molecule is NC(=O)c1ccccc1Cc1ccc(N)cc1. The molecule has 0 atom stereocenters. The first-order valence-electron chi connectivity index (χ1n) is 5.39. The maximum absolute atomic E-state index is 11.3. The van der Waals surface area contributed by atoms with Crippen molar-refractivity contribution in [2.45, 2.75) is 6.42 Å². The molecule has 0 heterocycles. The Bertz CT molecular complexity index is 532. The number of benzene rings is 2. The number of carbonyl (C=O) groups is 1. The van der Waals surface area contributed by atoms with Crippen LogP contribution in [0.5, 0.6) is 0 Å². The number of nitrogen functional groups attached to an aromatic ring is 1. The average molecular weight is 226 g/mol. The summed E-state index contributed by atoms with van der Waals surface area (Å²) in [5, 5.41) is 0. The highest BCUT2D eigenvalue weighted by molar-refractivity contribution is 5.94. The van der Waals surface area contributed by atoms with E-state index in [-0.39, 0.29) is 0 Å². The Balaban J connectivity index is 2.30. The van der Waals surface area contributed by atoms with Crippen molar-refractivity contribution in [3.8, 4) is 0 Å². The second-order valence-electron chi connectivity index (χ2n) is 3.94. The highest BCUT2D eigenvalue weighted by Gasteiger charge is 2.07. The Kier molecular flexibility index (Phi) is 3.10. The van der Waals surface area contributed by atoms with Crippen LogP contribution in [0.3, 0.4) is 0 Å². The maximum atomic E-state index is 11.3. The molecule has 0 aliphatic carbocycles. The van der Waals surface area contributed by atoms with E-state index in [0.29, 0.717) is 12.0 Å². The molecule has 0 saturated carbocycles. The van der Waals surface area contributed by atoms with Gasteiger partial charge in [-0.1, -0.05) is 30.3 Å². The van der Waals surface area contributed by atoms with E-state index in [4.69, 9.17) is 11.5 Å². The largest absolute Gasteiger partial charge is 0.399 e. The standard InChI is InChI=1S/C14H14N2O/c15-12-7-5-10(6-8-12)9-11-3-1-2-4-13(11)14(16)17/h1-8H,9,15H2,(H2,16,17). The Morgan fingerprint density at radius 1 is 1.00 bits per heavy atom. The third kappa shape index (κ3) is 2.64. The van der Waals surface area contributed by atoms with Crippen LogP contribution in [0.4, 0.5) is 5.69 Å². The molecule has 17 heavy (non-hydrogen) atoms. The number of primary amides is 1. The molecular formula is C14H14N2O. The quantitative estimate of drug-likeness (QED) is 0.785. The molecule has 0 bridgehead atoms. The summed E-state index contributed by atoms with van der Waals surface area (Å²) in [6.45, 7) is 0. The summed E-state index contributed by atoms with van der Waals surface area (Å²) < 4.78 is 0. The van der Waals surface area contributed by atoms with Gasteiger partial charge in [0, 0.05) is 11.3 Å². The molecule has 0 aliphatic heterocycles. The fourth-order valence-corrected chi connectivity index (χ4v) is 1.77. The molecule has 0 aromatic heterocycles. The van der Waals surface area contributed by atoms with E-state index in [0.717, 1.165) is 16.8 Å². The topological polar surface area (TPSA) is 69.1 Å². The molecule has 3 heteroatoms. The van der Waals surface area contributed by atoms with E-state index >= 15 is 0 Å². The van der Waals surface area contributed by atoms with E-state index in [1.165, 1.54) is 0 Å². The molecule has 2 aromatic carbocycles. The van der Waals surface area contributed by atoms with Crippen molar-refractivity contribution >= 4 is 11.6 Å². The van der Waals surface area contributed by atoms with Crippen LogP contribution in [0.15, 0.2) is 48.5 Å². The first-order chi connectivity index (χ1) is 8.16. The van der Waals surface area contributed by atoms with Gasteiger partial charge in [0.05, 0.1) is 0 Å². The zero-order valence-electron chi connectivity index (χ0n) is 9.39. The Hall–Kier alpha value is -2.29. The van der Waals surface area contributed by atoms with Gasteiger partial charge >= 0.3 is 0 Å². The van der Waals surface area contributed by atoms with Crippen molar-refractivity contribution in [3.63, 3.8) is 0 Å². The van der Waals surface area contributed by atoms with Crippen molar-refractivity contribution < 1.29 is 4.79 Å². The minimum atomic E-state index is -0.393. The van der Waals surface area contributed by atoms with Crippen LogP contribution < -0.4 is 11.5 Å². The minimum absolute atomic E-state index is 0.393. The molecule has 2 aromatic rings. The van der Waals surface area contributed by atoms with Gasteiger partial charge in [0.1, 0.15) is 0 Å². The first kappa shape index (κ1) is 11.2. The number of anilines is 1. The zero-order valence-corrected chi connectivity index (χ0v) is 9.39. The van der Waals surface area contributed by atoms with Crippen LogP contribution >= 0.6 is 0 Å². The lowest BCUT2D eigenvalue weighted by Crippen LogP contribution is -2.13. The normalized spacial score (nSPS) is 10.1. The van der Waals surface area contributed by atoms with Crippen LogP contribution in [-0.2, 0) is 6.42 Å². The van der Waals surface area contributed by atoms with Crippen LogP contribution in [-0.4, -0.2) is 5.91 Å². The van der Waals surface area contributed by atoms with Crippen LogP contribution in [0.1, 0.15) is 21.5 Å². The van der Waals surface area contributed by atoms with Gasteiger partial charge in [-0.05, 0) is 35.7 Å². The molecule has 0 radical (unpaired) electrons. The van der Waals surface area contributed by atoms with Crippen molar-refractivity contribution in [1.82, 2.24) is 0 Å². The molecule has 4 N–H and O–H groups in total. The highest BCUT2D eigenvalue weighted by atomic mass is 16.1. The van der Waals surface area contributed by atoms with Gasteiger partial charge < -0.3 is 11.5 Å². The smallest absolute Gasteiger partial charge is 0.248 e. The van der Waals surface area contributed by atoms with Gasteiger partial charge in [-0.2, -0.15) is 0 Å². The molecule has 3 nitrogen and oxygen atoms in total. The monoisotopic (exact) mass is 226 g/mol. The molecule has 0 unspecified atom stereocenters. The van der Waals surface area contributed by atoms with Gasteiger partial charge in [0.15, 0.2) is 0 Å². The molecule has 0 saturated heterocycles. The highest BCUT2D eigenvalue weighted by Crippen LogP contribution is 2.15. The summed E-state index contributed by atoms with van der Waals surface area (Å²) in [5.41, 5.74) is 14.3. The molecular weight excluding hydrogens is 212 g/mol. The average Bonchev–Trinajstić information content (AvgIpc) is 2.32. The molecule has 0 fully saturated rings. The number of carbonyl (C=O) groups excluding carboxylic acids is 1. The van der Waals surface area contributed by atoms with Gasteiger partial charge in [0.25, 0.3) is 0 Å². The number of hydrogen-bond donors (Lipinski definition) is 2. The Labute approximate surface area is 100 Å². The first-order valence-corrected chi connectivity index (χ1v) is 5.39. The number of rotatable bonds is 3. The summed E-state index contributed by atoms with van der Waals surface area (Å²) in [6.07, 6.45) is 0.680. The summed E-state index contributed by atoms with van der Waals surface area (Å²) in [7, 11) is 0. The molecule has 1 amide bonds. The number of amides is 1. The Morgan fingerprint density at radius 3 is 2.29 bits per heavy atom. The van der Waals surface area contributed by atoms with Crippen LogP contribution in [0.2, 0.25) is 0 Å². The van der Waals surface area contributed by atoms with E-state index < -0.39 is 5.91 Å². The van der Waals surface area contributed by atoms with E-state index in [1.54, 1.807) is 6.07 Å². The molecule has 0 aliphatic rings. The molecule has 86 valence electrons. The fourth-order valence-electron chi connectivity index (χ4n) is 1.77. The number of hydrogen-bond acceptors (Lipinski definition) is 2. The van der Waals surface area contributed by atoms with E-state index in [2.05, 4.69) is 0 Å². The van der Waals surface area contributed by atoms with Gasteiger partial charge in [-0.25, -0.2) is 0 Å². The predicted molar refractivity (Wildman–Crippen MR) is 68.6 cm³/mol. The zero-order chi connectivity index (χ0) is 12.3. The van der Waals surface area contributed by atoms with Crippen LogP contribution in [0, 0.1) is 0 Å². The minimum Gasteiger partial charge on any atom is -0.399 e. The van der Waals surface area contributed by atoms with Gasteiger partial charge in [-0.3, -0.25) is 4.79 Å². The third-order valence-electron chi connectivity index (χ3n) is 2.66. The molecule has 0 spiro atoms. The molecule has 2 rings (SSSR count). The van der Waals surface area contributed by atoms with Crippen molar-refractivity contribution in [2.24, 2.45) is 5.73 Å². The van der Waals surface area contributed by atoms with E-state index in [1.807, 2.05) is 42.5 Å². The predicted octanol–water partition coefficient (Wildman–Crippen LogP) is 1.96. The maximum Gasteiger partial charge on any atom is 0.248 e. The van der Waals surface area contributed by atoms with Crippen molar-refractivity contribution in [3.05, 3.63) is 65.2 Å². The van der Waals surface area contributed by atoms with Crippen molar-refractivity contribution in [1.29, 1.82) is 0 Å². The second kappa shape index (κ2) is 4.70. The van der Waals surface area contributed by atoms with E-state index in [9.17, 15) is 4.79 Å². The summed E-state index contributed by atoms with van der Waals surface area (Å²) in [5.74, 6) is -0.393. The Morgan fingerprint density at radius 2 is 1.65 bits per heavy atom. The number of nitrogens with two attached hydrogens (primary N) is 2. The third-order valence-corrected chi connectivity index (χ3v) is 2.66. The lowest BCUT2D eigenvalue weighted by Gasteiger charge is -2.06. The van der Waals surface area contributed by atoms with Crippen LogP contribution in [0.25, 0.3) is 0 Å².